The molecule has 28 heavy (non-hydrogen) atoms. The SMILES string of the molecule is CCCS(=O)(=O)c1ccccc1C(=O)Nc1ccc(F)c(-n2nnnc2C)c1. The number of aryl methyl sites for hydroxylation is 1. The van der Waals surface area contributed by atoms with Crippen LogP contribution in [0.2, 0.25) is 0 Å². The van der Waals surface area contributed by atoms with Crippen molar-refractivity contribution in [3.8, 4) is 5.69 Å². The number of tetrazole rings is 1. The van der Waals surface area contributed by atoms with E-state index in [0.29, 0.717) is 12.2 Å². The van der Waals surface area contributed by atoms with Gasteiger partial charge in [0.05, 0.1) is 16.2 Å². The number of amides is 1. The highest BCUT2D eigenvalue weighted by molar-refractivity contribution is 7.91. The molecule has 8 nitrogen and oxygen atoms in total. The summed E-state index contributed by atoms with van der Waals surface area (Å²) >= 11 is 0. The zero-order valence-electron chi connectivity index (χ0n) is 15.3. The Morgan fingerprint density at radius 3 is 2.64 bits per heavy atom. The lowest BCUT2D eigenvalue weighted by Crippen LogP contribution is -2.18. The molecule has 1 heterocycles. The number of halogens is 1. The van der Waals surface area contributed by atoms with E-state index in [1.807, 2.05) is 0 Å². The minimum atomic E-state index is -3.59. The van der Waals surface area contributed by atoms with Crippen molar-refractivity contribution in [1.82, 2.24) is 20.2 Å². The predicted octanol–water partition coefficient (Wildman–Crippen LogP) is 2.55. The maximum absolute atomic E-state index is 14.2. The van der Waals surface area contributed by atoms with E-state index in [9.17, 15) is 17.6 Å². The van der Waals surface area contributed by atoms with Gasteiger partial charge in [-0.3, -0.25) is 4.79 Å². The molecular weight excluding hydrogens is 385 g/mol. The molecule has 0 aliphatic rings. The van der Waals surface area contributed by atoms with Gasteiger partial charge in [0.1, 0.15) is 11.5 Å². The third-order valence-electron chi connectivity index (χ3n) is 4.00. The van der Waals surface area contributed by atoms with E-state index < -0.39 is 21.6 Å². The summed E-state index contributed by atoms with van der Waals surface area (Å²) in [7, 11) is -3.59. The van der Waals surface area contributed by atoms with Crippen LogP contribution in [0.25, 0.3) is 5.69 Å². The molecule has 3 aromatic rings. The fourth-order valence-corrected chi connectivity index (χ4v) is 4.25. The summed E-state index contributed by atoms with van der Waals surface area (Å²) in [5.41, 5.74) is 0.367. The monoisotopic (exact) mass is 403 g/mol. The van der Waals surface area contributed by atoms with Gasteiger partial charge in [-0.2, -0.15) is 4.68 Å². The molecule has 0 saturated heterocycles. The summed E-state index contributed by atoms with van der Waals surface area (Å²) in [5.74, 6) is -0.865. The summed E-state index contributed by atoms with van der Waals surface area (Å²) in [5, 5.41) is 13.5. The second-order valence-electron chi connectivity index (χ2n) is 6.07. The lowest BCUT2D eigenvalue weighted by atomic mass is 10.2. The number of benzene rings is 2. The number of aromatic nitrogens is 4. The fraction of sp³-hybridized carbons (Fsp3) is 0.222. The van der Waals surface area contributed by atoms with E-state index >= 15 is 0 Å². The van der Waals surface area contributed by atoms with E-state index in [1.165, 1.54) is 35.0 Å². The Hall–Kier alpha value is -3.14. The Kier molecular flexibility index (Phi) is 5.50. The number of nitrogens with zero attached hydrogens (tertiary/aromatic N) is 4. The molecule has 0 radical (unpaired) electrons. The van der Waals surface area contributed by atoms with Gasteiger partial charge in [0.2, 0.25) is 0 Å². The predicted molar refractivity (Wildman–Crippen MR) is 101 cm³/mol. The molecule has 1 aromatic heterocycles. The number of carbonyl (C=O) groups excluding carboxylic acids is 1. The van der Waals surface area contributed by atoms with Gasteiger partial charge in [0.15, 0.2) is 15.7 Å². The highest BCUT2D eigenvalue weighted by atomic mass is 32.2. The van der Waals surface area contributed by atoms with Crippen LogP contribution in [0.4, 0.5) is 10.1 Å². The molecular formula is C18H18FN5O3S. The first-order valence-corrected chi connectivity index (χ1v) is 10.2. The lowest BCUT2D eigenvalue weighted by molar-refractivity contribution is 0.102. The van der Waals surface area contributed by atoms with Crippen LogP contribution >= 0.6 is 0 Å². The highest BCUT2D eigenvalue weighted by Crippen LogP contribution is 2.22. The Labute approximate surface area is 161 Å². The molecule has 2 aromatic carbocycles. The summed E-state index contributed by atoms with van der Waals surface area (Å²) in [6.07, 6.45) is 0.435. The first-order valence-electron chi connectivity index (χ1n) is 8.51. The minimum Gasteiger partial charge on any atom is -0.322 e. The number of sulfone groups is 1. The van der Waals surface area contributed by atoms with Gasteiger partial charge in [0, 0.05) is 5.69 Å². The summed E-state index contributed by atoms with van der Waals surface area (Å²) < 4.78 is 40.3. The maximum atomic E-state index is 14.2. The molecule has 0 unspecified atom stereocenters. The number of hydrogen-bond donors (Lipinski definition) is 1. The molecule has 0 fully saturated rings. The quantitative estimate of drug-likeness (QED) is 0.678. The van der Waals surface area contributed by atoms with Crippen molar-refractivity contribution >= 4 is 21.4 Å². The molecule has 0 spiro atoms. The second kappa shape index (κ2) is 7.85. The van der Waals surface area contributed by atoms with Crippen LogP contribution < -0.4 is 5.32 Å². The van der Waals surface area contributed by atoms with Crippen LogP contribution in [-0.2, 0) is 9.84 Å². The fourth-order valence-electron chi connectivity index (χ4n) is 2.71. The summed E-state index contributed by atoms with van der Waals surface area (Å²) in [6.45, 7) is 3.36. The zero-order valence-corrected chi connectivity index (χ0v) is 16.1. The van der Waals surface area contributed by atoms with E-state index in [2.05, 4.69) is 20.8 Å². The van der Waals surface area contributed by atoms with E-state index in [0.717, 1.165) is 0 Å². The number of nitrogens with one attached hydrogen (secondary N) is 1. The Morgan fingerprint density at radius 1 is 1.21 bits per heavy atom. The van der Waals surface area contributed by atoms with Gasteiger partial charge in [0.25, 0.3) is 5.91 Å². The van der Waals surface area contributed by atoms with Crippen molar-refractivity contribution in [1.29, 1.82) is 0 Å². The lowest BCUT2D eigenvalue weighted by Gasteiger charge is -2.12. The van der Waals surface area contributed by atoms with Crippen molar-refractivity contribution in [2.45, 2.75) is 25.2 Å². The smallest absolute Gasteiger partial charge is 0.256 e. The van der Waals surface area contributed by atoms with Crippen molar-refractivity contribution in [2.75, 3.05) is 11.1 Å². The third-order valence-corrected chi connectivity index (χ3v) is 5.97. The molecule has 0 aliphatic carbocycles. The van der Waals surface area contributed by atoms with Gasteiger partial charge >= 0.3 is 0 Å². The third kappa shape index (κ3) is 3.91. The first kappa shape index (κ1) is 19.6. The number of anilines is 1. The van der Waals surface area contributed by atoms with Crippen LogP contribution in [0.15, 0.2) is 47.4 Å². The van der Waals surface area contributed by atoms with E-state index in [4.69, 9.17) is 0 Å². The van der Waals surface area contributed by atoms with Crippen LogP contribution in [0, 0.1) is 12.7 Å². The summed E-state index contributed by atoms with van der Waals surface area (Å²) in [4.78, 5) is 12.7. The Balaban J connectivity index is 1.94. The van der Waals surface area contributed by atoms with E-state index in [1.54, 1.807) is 26.0 Å². The molecule has 0 saturated carbocycles. The van der Waals surface area contributed by atoms with Crippen molar-refractivity contribution in [3.05, 3.63) is 59.7 Å². The Morgan fingerprint density at radius 2 is 1.96 bits per heavy atom. The second-order valence-corrected chi connectivity index (χ2v) is 8.15. The molecule has 146 valence electrons. The zero-order chi connectivity index (χ0) is 20.3. The van der Waals surface area contributed by atoms with Crippen molar-refractivity contribution in [3.63, 3.8) is 0 Å². The standard InChI is InChI=1S/C18H18FN5O3S/c1-3-10-28(26,27)17-7-5-4-6-14(17)18(25)20-13-8-9-15(19)16(11-13)24-12(2)21-22-23-24/h4-9,11H,3,10H2,1-2H3,(H,20,25). The Bertz CT molecular complexity index is 1130. The van der Waals surface area contributed by atoms with Gasteiger partial charge in [-0.15, -0.1) is 5.10 Å². The van der Waals surface area contributed by atoms with Gasteiger partial charge in [-0.05, 0) is 54.1 Å². The van der Waals surface area contributed by atoms with Gasteiger partial charge < -0.3 is 5.32 Å². The maximum Gasteiger partial charge on any atom is 0.256 e. The van der Waals surface area contributed by atoms with Gasteiger partial charge in [-0.1, -0.05) is 19.1 Å². The van der Waals surface area contributed by atoms with Crippen molar-refractivity contribution in [2.24, 2.45) is 0 Å². The average molecular weight is 403 g/mol. The topological polar surface area (TPSA) is 107 Å². The van der Waals surface area contributed by atoms with Crippen LogP contribution in [0.5, 0.6) is 0 Å². The molecule has 3 rings (SSSR count). The van der Waals surface area contributed by atoms with Crippen LogP contribution in [0.3, 0.4) is 0 Å². The number of rotatable bonds is 6. The number of hydrogen-bond acceptors (Lipinski definition) is 6. The molecule has 10 heteroatoms. The first-order chi connectivity index (χ1) is 13.3. The molecule has 1 N–H and O–H groups in total. The molecule has 0 bridgehead atoms. The molecule has 0 aliphatic heterocycles. The molecule has 1 amide bonds. The van der Waals surface area contributed by atoms with Crippen molar-refractivity contribution < 1.29 is 17.6 Å². The van der Waals surface area contributed by atoms with Crippen LogP contribution in [0.1, 0.15) is 29.5 Å². The van der Waals surface area contributed by atoms with E-state index in [-0.39, 0.29) is 27.6 Å². The summed E-state index contributed by atoms with van der Waals surface area (Å²) in [6, 6.07) is 9.91. The highest BCUT2D eigenvalue weighted by Gasteiger charge is 2.22. The largest absolute Gasteiger partial charge is 0.322 e. The van der Waals surface area contributed by atoms with Crippen LogP contribution in [-0.4, -0.2) is 40.3 Å². The average Bonchev–Trinajstić information content (AvgIpc) is 3.09. The normalized spacial score (nSPS) is 11.4. The number of carbonyl (C=O) groups is 1. The minimum absolute atomic E-state index is 0.0282. The van der Waals surface area contributed by atoms with Gasteiger partial charge in [-0.25, -0.2) is 12.8 Å². The molecule has 0 atom stereocenters.